The molecular formula is C15H19Cl3N2O. The number of rotatable bonds is 4. The average Bonchev–Trinajstić information content (AvgIpc) is 2.46. The van der Waals surface area contributed by atoms with Gasteiger partial charge in [-0.2, -0.15) is 0 Å². The molecule has 1 heterocycles. The van der Waals surface area contributed by atoms with Gasteiger partial charge in [-0.25, -0.2) is 0 Å². The Bertz CT molecular complexity index is 522. The van der Waals surface area contributed by atoms with Crippen molar-refractivity contribution < 1.29 is 4.79 Å². The minimum Gasteiger partial charge on any atom is -0.324 e. The third-order valence-corrected chi connectivity index (χ3v) is 4.98. The van der Waals surface area contributed by atoms with E-state index in [1.165, 1.54) is 0 Å². The van der Waals surface area contributed by atoms with Crippen LogP contribution in [0.4, 0.5) is 5.69 Å². The molecular weight excluding hydrogens is 331 g/mol. The summed E-state index contributed by atoms with van der Waals surface area (Å²) in [6.07, 6.45) is 3.70. The van der Waals surface area contributed by atoms with Crippen LogP contribution >= 0.6 is 34.8 Å². The van der Waals surface area contributed by atoms with Crippen molar-refractivity contribution in [3.8, 4) is 0 Å². The lowest BCUT2D eigenvalue weighted by Gasteiger charge is -2.36. The zero-order chi connectivity index (χ0) is 15.5. The lowest BCUT2D eigenvalue weighted by molar-refractivity contribution is -0.127. The summed E-state index contributed by atoms with van der Waals surface area (Å²) in [6.45, 7) is 3.76. The molecule has 3 nitrogen and oxygen atoms in total. The monoisotopic (exact) mass is 348 g/mol. The van der Waals surface area contributed by atoms with E-state index in [4.69, 9.17) is 34.8 Å². The fourth-order valence-electron chi connectivity index (χ4n) is 2.84. The molecule has 1 unspecified atom stereocenters. The second kappa shape index (κ2) is 7.19. The van der Waals surface area contributed by atoms with E-state index in [1.807, 2.05) is 0 Å². The normalized spacial score (nSPS) is 22.1. The van der Waals surface area contributed by atoms with Gasteiger partial charge in [0, 0.05) is 6.54 Å². The van der Waals surface area contributed by atoms with Crippen molar-refractivity contribution in [2.45, 2.75) is 32.6 Å². The Labute approximate surface area is 140 Å². The first-order chi connectivity index (χ1) is 9.98. The molecule has 0 spiro atoms. The minimum absolute atomic E-state index is 0.00293. The smallest absolute Gasteiger partial charge is 0.231 e. The van der Waals surface area contributed by atoms with E-state index < -0.39 is 0 Å². The van der Waals surface area contributed by atoms with E-state index in [0.717, 1.165) is 32.2 Å². The van der Waals surface area contributed by atoms with Crippen LogP contribution in [-0.2, 0) is 4.79 Å². The molecule has 6 heteroatoms. The van der Waals surface area contributed by atoms with Crippen molar-refractivity contribution in [2.24, 2.45) is 5.41 Å². The van der Waals surface area contributed by atoms with Gasteiger partial charge in [0.15, 0.2) is 0 Å². The Morgan fingerprint density at radius 1 is 1.29 bits per heavy atom. The number of halogens is 3. The molecule has 1 aliphatic heterocycles. The zero-order valence-electron chi connectivity index (χ0n) is 11.9. The summed E-state index contributed by atoms with van der Waals surface area (Å²) in [7, 11) is 0. The highest BCUT2D eigenvalue weighted by Crippen LogP contribution is 2.36. The van der Waals surface area contributed by atoms with Crippen molar-refractivity contribution in [1.82, 2.24) is 5.32 Å². The average molecular weight is 350 g/mol. The first kappa shape index (κ1) is 16.9. The number of benzene rings is 1. The topological polar surface area (TPSA) is 41.1 Å². The molecule has 2 rings (SSSR count). The van der Waals surface area contributed by atoms with E-state index in [9.17, 15) is 4.79 Å². The van der Waals surface area contributed by atoms with Gasteiger partial charge in [-0.15, -0.1) is 0 Å². The van der Waals surface area contributed by atoms with Gasteiger partial charge in [0.25, 0.3) is 0 Å². The number of hydrogen-bond acceptors (Lipinski definition) is 2. The molecule has 1 aromatic rings. The molecule has 1 fully saturated rings. The molecule has 116 valence electrons. The maximum absolute atomic E-state index is 12.7. The van der Waals surface area contributed by atoms with Crippen LogP contribution in [0, 0.1) is 5.41 Å². The Balaban J connectivity index is 2.21. The van der Waals surface area contributed by atoms with E-state index in [0.29, 0.717) is 27.3 Å². The number of anilines is 1. The molecule has 1 aromatic carbocycles. The largest absolute Gasteiger partial charge is 0.324 e. The summed E-state index contributed by atoms with van der Waals surface area (Å²) in [5.74, 6) is -0.00293. The quantitative estimate of drug-likeness (QED) is 0.770. The van der Waals surface area contributed by atoms with Gasteiger partial charge in [0.1, 0.15) is 0 Å². The van der Waals surface area contributed by atoms with Crippen LogP contribution in [0.15, 0.2) is 12.1 Å². The van der Waals surface area contributed by atoms with E-state index in [-0.39, 0.29) is 11.3 Å². The predicted molar refractivity (Wildman–Crippen MR) is 89.5 cm³/mol. The van der Waals surface area contributed by atoms with E-state index in [2.05, 4.69) is 17.6 Å². The van der Waals surface area contributed by atoms with Crippen molar-refractivity contribution >= 4 is 46.4 Å². The number of piperidine rings is 1. The second-order valence-electron chi connectivity index (χ2n) is 5.51. The number of carbonyl (C=O) groups is 1. The van der Waals surface area contributed by atoms with Gasteiger partial charge >= 0.3 is 0 Å². The molecule has 0 aliphatic carbocycles. The van der Waals surface area contributed by atoms with Gasteiger partial charge in [0.05, 0.1) is 26.2 Å². The second-order valence-corrected chi connectivity index (χ2v) is 6.73. The van der Waals surface area contributed by atoms with Crippen LogP contribution in [0.25, 0.3) is 0 Å². The van der Waals surface area contributed by atoms with Crippen molar-refractivity contribution in [1.29, 1.82) is 0 Å². The number of amides is 1. The van der Waals surface area contributed by atoms with E-state index in [1.54, 1.807) is 12.1 Å². The Kier molecular flexibility index (Phi) is 5.78. The fraction of sp³-hybridized carbons (Fsp3) is 0.533. The third kappa shape index (κ3) is 3.84. The maximum atomic E-state index is 12.7. The Morgan fingerprint density at radius 3 is 2.62 bits per heavy atom. The SMILES string of the molecule is CCCC1(C(=O)Nc2cc(Cl)c(Cl)cc2Cl)CCCNC1. The third-order valence-electron chi connectivity index (χ3n) is 3.94. The van der Waals surface area contributed by atoms with Gasteiger partial charge in [-0.05, 0) is 37.9 Å². The van der Waals surface area contributed by atoms with Gasteiger partial charge in [0.2, 0.25) is 5.91 Å². The molecule has 2 N–H and O–H groups in total. The van der Waals surface area contributed by atoms with Crippen LogP contribution in [-0.4, -0.2) is 19.0 Å². The summed E-state index contributed by atoms with van der Waals surface area (Å²) >= 11 is 18.0. The highest BCUT2D eigenvalue weighted by atomic mass is 35.5. The van der Waals surface area contributed by atoms with Crippen LogP contribution in [0.2, 0.25) is 15.1 Å². The van der Waals surface area contributed by atoms with Crippen LogP contribution in [0.5, 0.6) is 0 Å². The lowest BCUT2D eigenvalue weighted by atomic mass is 9.76. The molecule has 0 radical (unpaired) electrons. The molecule has 0 bridgehead atoms. The van der Waals surface area contributed by atoms with Crippen LogP contribution in [0.3, 0.4) is 0 Å². The number of hydrogen-bond donors (Lipinski definition) is 2. The Morgan fingerprint density at radius 2 is 2.00 bits per heavy atom. The molecule has 0 aromatic heterocycles. The molecule has 1 atom stereocenters. The van der Waals surface area contributed by atoms with Crippen molar-refractivity contribution in [3.05, 3.63) is 27.2 Å². The van der Waals surface area contributed by atoms with Gasteiger partial charge in [-0.3, -0.25) is 4.79 Å². The zero-order valence-corrected chi connectivity index (χ0v) is 14.2. The highest BCUT2D eigenvalue weighted by molar-refractivity contribution is 6.44. The highest BCUT2D eigenvalue weighted by Gasteiger charge is 2.38. The predicted octanol–water partition coefficient (Wildman–Crippen LogP) is 4.76. The van der Waals surface area contributed by atoms with Crippen molar-refractivity contribution in [2.75, 3.05) is 18.4 Å². The fourth-order valence-corrected chi connectivity index (χ4v) is 3.43. The summed E-state index contributed by atoms with van der Waals surface area (Å²) in [6, 6.07) is 3.15. The van der Waals surface area contributed by atoms with Crippen LogP contribution < -0.4 is 10.6 Å². The van der Waals surface area contributed by atoms with Crippen LogP contribution in [0.1, 0.15) is 32.6 Å². The molecule has 1 amide bonds. The van der Waals surface area contributed by atoms with E-state index >= 15 is 0 Å². The number of nitrogens with one attached hydrogen (secondary N) is 2. The summed E-state index contributed by atoms with van der Waals surface area (Å²) < 4.78 is 0. The maximum Gasteiger partial charge on any atom is 0.231 e. The standard InChI is InChI=1S/C15H19Cl3N2O/c1-2-4-15(5-3-6-19-9-15)14(21)20-13-8-11(17)10(16)7-12(13)18/h7-8,19H,2-6,9H2,1H3,(H,20,21). The molecule has 0 saturated carbocycles. The first-order valence-corrected chi connectivity index (χ1v) is 8.28. The summed E-state index contributed by atoms with van der Waals surface area (Å²) in [5.41, 5.74) is 0.139. The molecule has 1 saturated heterocycles. The van der Waals surface area contributed by atoms with Gasteiger partial charge in [-0.1, -0.05) is 48.1 Å². The lowest BCUT2D eigenvalue weighted by Crippen LogP contribution is -2.48. The summed E-state index contributed by atoms with van der Waals surface area (Å²) in [4.78, 5) is 12.7. The Hall–Kier alpha value is -0.480. The van der Waals surface area contributed by atoms with Crippen molar-refractivity contribution in [3.63, 3.8) is 0 Å². The van der Waals surface area contributed by atoms with Gasteiger partial charge < -0.3 is 10.6 Å². The number of carbonyl (C=O) groups excluding carboxylic acids is 1. The molecule has 21 heavy (non-hydrogen) atoms. The molecule has 1 aliphatic rings. The minimum atomic E-state index is -0.373. The first-order valence-electron chi connectivity index (χ1n) is 7.15. The summed E-state index contributed by atoms with van der Waals surface area (Å²) in [5, 5.41) is 7.39.